The van der Waals surface area contributed by atoms with E-state index < -0.39 is 16.1 Å². The van der Waals surface area contributed by atoms with Crippen LogP contribution in [0, 0.1) is 0 Å². The van der Waals surface area contributed by atoms with Crippen LogP contribution in [0.25, 0.3) is 22.4 Å². The molecular weight excluding hydrogens is 440 g/mol. The van der Waals surface area contributed by atoms with Crippen molar-refractivity contribution in [3.8, 4) is 22.4 Å². The first-order chi connectivity index (χ1) is 15.8. The van der Waals surface area contributed by atoms with Gasteiger partial charge in [0.05, 0.1) is 18.0 Å². The highest BCUT2D eigenvalue weighted by Gasteiger charge is 2.38. The predicted octanol–water partition coefficient (Wildman–Crippen LogP) is 2.76. The molecule has 0 spiro atoms. The number of carbonyl (C=O) groups is 1. The van der Waals surface area contributed by atoms with Gasteiger partial charge in [0, 0.05) is 48.8 Å². The fraction of sp³-hybridized carbons (Fsp3) is 0.292. The molecule has 172 valence electrons. The second-order valence-corrected chi connectivity index (χ2v) is 9.88. The minimum absolute atomic E-state index is 0.128. The number of aliphatic hydroxyl groups excluding tert-OH is 1. The zero-order valence-corrected chi connectivity index (χ0v) is 19.3. The highest BCUT2D eigenvalue weighted by Crippen LogP contribution is 2.43. The summed E-state index contributed by atoms with van der Waals surface area (Å²) < 4.78 is 26.4. The van der Waals surface area contributed by atoms with Gasteiger partial charge in [-0.05, 0) is 42.7 Å². The number of nitrogens with zero attached hydrogens (tertiary/aromatic N) is 3. The molecule has 3 aromatic rings. The molecule has 1 aromatic carbocycles. The van der Waals surface area contributed by atoms with Gasteiger partial charge in [-0.25, -0.2) is 13.4 Å². The molecule has 33 heavy (non-hydrogen) atoms. The maximum absolute atomic E-state index is 12.6. The van der Waals surface area contributed by atoms with E-state index in [1.165, 1.54) is 4.31 Å². The maximum Gasteiger partial charge on any atom is 0.269 e. The number of pyridine rings is 2. The van der Waals surface area contributed by atoms with Crippen LogP contribution in [0.3, 0.4) is 0 Å². The molecule has 0 aliphatic carbocycles. The summed E-state index contributed by atoms with van der Waals surface area (Å²) in [5.41, 5.74) is 4.84. The number of hydrogen-bond donors (Lipinski definition) is 2. The number of fused-ring (bicyclic) bond motifs is 1. The van der Waals surface area contributed by atoms with Crippen molar-refractivity contribution in [2.75, 3.05) is 19.4 Å². The second kappa shape index (κ2) is 9.38. The van der Waals surface area contributed by atoms with Gasteiger partial charge < -0.3 is 10.4 Å². The Hall–Kier alpha value is -3.14. The predicted molar refractivity (Wildman–Crippen MR) is 126 cm³/mol. The Morgan fingerprint density at radius 1 is 1.18 bits per heavy atom. The Bertz CT molecular complexity index is 1280. The van der Waals surface area contributed by atoms with Crippen LogP contribution in [-0.4, -0.2) is 53.1 Å². The molecule has 3 heterocycles. The van der Waals surface area contributed by atoms with Crippen LogP contribution in [0.15, 0.2) is 54.9 Å². The van der Waals surface area contributed by atoms with Crippen LogP contribution < -0.4 is 5.32 Å². The van der Waals surface area contributed by atoms with Crippen molar-refractivity contribution in [1.29, 1.82) is 0 Å². The summed E-state index contributed by atoms with van der Waals surface area (Å²) in [4.78, 5) is 21.5. The van der Waals surface area contributed by atoms with Crippen molar-refractivity contribution in [3.63, 3.8) is 0 Å². The van der Waals surface area contributed by atoms with E-state index >= 15 is 0 Å². The number of sulfonamides is 1. The van der Waals surface area contributed by atoms with Gasteiger partial charge in [-0.1, -0.05) is 24.3 Å². The third-order valence-electron chi connectivity index (χ3n) is 5.68. The molecule has 9 heteroatoms. The lowest BCUT2D eigenvalue weighted by Gasteiger charge is -2.23. The lowest BCUT2D eigenvalue weighted by atomic mass is 9.94. The molecule has 1 atom stereocenters. The number of amides is 1. The van der Waals surface area contributed by atoms with Gasteiger partial charge in [0.15, 0.2) is 0 Å². The van der Waals surface area contributed by atoms with Gasteiger partial charge in [0.25, 0.3) is 5.91 Å². The number of rotatable bonds is 7. The molecular formula is C24H26N4O4S. The molecule has 8 nitrogen and oxygen atoms in total. The van der Waals surface area contributed by atoms with E-state index in [0.717, 1.165) is 34.1 Å². The Kier molecular flexibility index (Phi) is 6.55. The SMILES string of the molecule is CCNC(=O)c1cc2c(c(-c3cccc(-c4cccnc4)c3)n1)[C@@H](CCO)N(S(C)(=O)=O)C2. The lowest BCUT2D eigenvalue weighted by molar-refractivity contribution is 0.0951. The number of aromatic nitrogens is 2. The third kappa shape index (κ3) is 4.66. The third-order valence-corrected chi connectivity index (χ3v) is 6.92. The zero-order valence-electron chi connectivity index (χ0n) is 18.5. The monoisotopic (exact) mass is 466 g/mol. The van der Waals surface area contributed by atoms with Crippen molar-refractivity contribution in [2.45, 2.75) is 25.9 Å². The summed E-state index contributed by atoms with van der Waals surface area (Å²) in [6.07, 6.45) is 4.86. The van der Waals surface area contributed by atoms with Crippen molar-refractivity contribution in [3.05, 3.63) is 71.7 Å². The van der Waals surface area contributed by atoms with E-state index in [2.05, 4.69) is 15.3 Å². The minimum atomic E-state index is -3.55. The average Bonchev–Trinajstić information content (AvgIpc) is 3.19. The van der Waals surface area contributed by atoms with Gasteiger partial charge >= 0.3 is 0 Å². The smallest absolute Gasteiger partial charge is 0.269 e. The van der Waals surface area contributed by atoms with Gasteiger partial charge in [-0.2, -0.15) is 4.31 Å². The summed E-state index contributed by atoms with van der Waals surface area (Å²) in [5, 5.41) is 12.5. The fourth-order valence-corrected chi connectivity index (χ4v) is 5.31. The van der Waals surface area contributed by atoms with E-state index in [-0.39, 0.29) is 31.2 Å². The molecule has 1 amide bonds. The highest BCUT2D eigenvalue weighted by atomic mass is 32.2. The van der Waals surface area contributed by atoms with Crippen molar-refractivity contribution in [1.82, 2.24) is 19.6 Å². The fourth-order valence-electron chi connectivity index (χ4n) is 4.26. The Labute approximate surface area is 193 Å². The van der Waals surface area contributed by atoms with E-state index in [1.54, 1.807) is 18.5 Å². The van der Waals surface area contributed by atoms with Crippen LogP contribution in [-0.2, 0) is 16.6 Å². The summed E-state index contributed by atoms with van der Waals surface area (Å²) in [6, 6.07) is 12.6. The van der Waals surface area contributed by atoms with E-state index in [9.17, 15) is 18.3 Å². The first kappa shape index (κ1) is 23.0. The number of carbonyl (C=O) groups excluding carboxylic acids is 1. The van der Waals surface area contributed by atoms with Crippen LogP contribution in [0.4, 0.5) is 0 Å². The number of hydrogen-bond acceptors (Lipinski definition) is 6. The van der Waals surface area contributed by atoms with Crippen LogP contribution in [0.2, 0.25) is 0 Å². The van der Waals surface area contributed by atoms with Crippen molar-refractivity contribution >= 4 is 15.9 Å². The number of benzene rings is 1. The van der Waals surface area contributed by atoms with Crippen molar-refractivity contribution in [2.24, 2.45) is 0 Å². The Balaban J connectivity index is 1.92. The number of nitrogens with one attached hydrogen (secondary N) is 1. The molecule has 0 bridgehead atoms. The maximum atomic E-state index is 12.6. The zero-order chi connectivity index (χ0) is 23.6. The molecule has 0 fully saturated rings. The first-order valence-electron chi connectivity index (χ1n) is 10.7. The Morgan fingerprint density at radius 2 is 1.94 bits per heavy atom. The molecule has 2 N–H and O–H groups in total. The van der Waals surface area contributed by atoms with Gasteiger partial charge in [0.2, 0.25) is 10.0 Å². The van der Waals surface area contributed by atoms with Gasteiger partial charge in [-0.3, -0.25) is 9.78 Å². The van der Waals surface area contributed by atoms with Crippen LogP contribution in [0.5, 0.6) is 0 Å². The van der Waals surface area contributed by atoms with Crippen LogP contribution >= 0.6 is 0 Å². The van der Waals surface area contributed by atoms with E-state index in [0.29, 0.717) is 12.2 Å². The topological polar surface area (TPSA) is 112 Å². The standard InChI is InChI=1S/C24H26N4O4S/c1-3-26-24(30)20-13-19-15-28(33(2,31)32)21(9-11-29)22(19)23(27-20)17-7-4-6-16(12-17)18-8-5-10-25-14-18/h4-8,10,12-14,21,29H,3,9,11,15H2,1-2H3,(H,26,30)/t21-/m1/s1. The van der Waals surface area contributed by atoms with Gasteiger partial charge in [-0.15, -0.1) is 0 Å². The van der Waals surface area contributed by atoms with Gasteiger partial charge in [0.1, 0.15) is 5.69 Å². The molecule has 0 radical (unpaired) electrons. The normalized spacial score (nSPS) is 15.9. The summed E-state index contributed by atoms with van der Waals surface area (Å²) >= 11 is 0. The summed E-state index contributed by atoms with van der Waals surface area (Å²) in [5.74, 6) is -0.318. The van der Waals surface area contributed by atoms with E-state index in [4.69, 9.17) is 0 Å². The quantitative estimate of drug-likeness (QED) is 0.554. The molecule has 4 rings (SSSR count). The molecule has 0 saturated heterocycles. The molecule has 0 saturated carbocycles. The summed E-state index contributed by atoms with van der Waals surface area (Å²) in [7, 11) is -3.55. The van der Waals surface area contributed by atoms with Crippen LogP contribution in [0.1, 0.15) is 41.0 Å². The molecule has 0 unspecified atom stereocenters. The first-order valence-corrected chi connectivity index (χ1v) is 12.6. The second-order valence-electron chi connectivity index (χ2n) is 7.95. The highest BCUT2D eigenvalue weighted by molar-refractivity contribution is 7.88. The molecule has 2 aromatic heterocycles. The minimum Gasteiger partial charge on any atom is -0.396 e. The largest absolute Gasteiger partial charge is 0.396 e. The molecule has 1 aliphatic rings. The number of aliphatic hydroxyl groups is 1. The molecule has 1 aliphatic heterocycles. The Morgan fingerprint density at radius 3 is 2.61 bits per heavy atom. The van der Waals surface area contributed by atoms with E-state index in [1.807, 2.05) is 43.3 Å². The average molecular weight is 467 g/mol. The summed E-state index contributed by atoms with van der Waals surface area (Å²) in [6.45, 7) is 2.23. The van der Waals surface area contributed by atoms with Crippen molar-refractivity contribution < 1.29 is 18.3 Å². The lowest BCUT2D eigenvalue weighted by Crippen LogP contribution is -2.29.